The van der Waals surface area contributed by atoms with Gasteiger partial charge in [-0.1, -0.05) is 24.3 Å². The van der Waals surface area contributed by atoms with E-state index < -0.39 is 0 Å². The number of guanidine groups is 1. The van der Waals surface area contributed by atoms with Gasteiger partial charge in [0.25, 0.3) is 0 Å². The highest BCUT2D eigenvalue weighted by Crippen LogP contribution is 2.20. The maximum atomic E-state index is 5.82. The molecular formula is C24H33IN6O2. The minimum atomic E-state index is 0. The monoisotopic (exact) mass is 564 g/mol. The van der Waals surface area contributed by atoms with Crippen LogP contribution in [0.4, 0.5) is 0 Å². The molecule has 0 aliphatic heterocycles. The first-order valence-corrected chi connectivity index (χ1v) is 10.7. The van der Waals surface area contributed by atoms with Crippen molar-refractivity contribution in [3.05, 3.63) is 70.8 Å². The van der Waals surface area contributed by atoms with Crippen molar-refractivity contribution in [1.29, 1.82) is 0 Å². The Hall–Kier alpha value is -2.82. The first-order chi connectivity index (χ1) is 15.5. The molecular weight excluding hydrogens is 531 g/mol. The van der Waals surface area contributed by atoms with Crippen molar-refractivity contribution in [3.63, 3.8) is 0 Å². The Bertz CT molecular complexity index is 1050. The summed E-state index contributed by atoms with van der Waals surface area (Å²) >= 11 is 0. The number of methoxy groups -OCH3 is 1. The number of nitrogens with one attached hydrogen (secondary N) is 2. The van der Waals surface area contributed by atoms with Gasteiger partial charge in [0.1, 0.15) is 17.3 Å². The number of hydrogen-bond acceptors (Lipinski definition) is 5. The lowest BCUT2D eigenvalue weighted by Crippen LogP contribution is -2.37. The predicted octanol–water partition coefficient (Wildman–Crippen LogP) is 3.89. The minimum absolute atomic E-state index is 0. The van der Waals surface area contributed by atoms with E-state index in [1.807, 2.05) is 49.7 Å². The predicted molar refractivity (Wildman–Crippen MR) is 141 cm³/mol. The van der Waals surface area contributed by atoms with Crippen LogP contribution in [0.2, 0.25) is 0 Å². The second-order valence-electron chi connectivity index (χ2n) is 7.49. The van der Waals surface area contributed by atoms with Crippen LogP contribution in [0.5, 0.6) is 11.5 Å². The Labute approximate surface area is 212 Å². The fourth-order valence-corrected chi connectivity index (χ4v) is 3.12. The van der Waals surface area contributed by atoms with Gasteiger partial charge in [-0.2, -0.15) is 0 Å². The van der Waals surface area contributed by atoms with Crippen LogP contribution in [0, 0.1) is 13.8 Å². The van der Waals surface area contributed by atoms with Crippen LogP contribution in [-0.4, -0.2) is 34.4 Å². The molecule has 2 N–H and O–H groups in total. The van der Waals surface area contributed by atoms with E-state index in [2.05, 4.69) is 46.0 Å². The molecule has 0 saturated heterocycles. The summed E-state index contributed by atoms with van der Waals surface area (Å²) in [5.41, 5.74) is 3.33. The van der Waals surface area contributed by atoms with E-state index in [1.165, 1.54) is 5.56 Å². The summed E-state index contributed by atoms with van der Waals surface area (Å²) in [5, 5.41) is 15.1. The first kappa shape index (κ1) is 26.4. The Kier molecular flexibility index (Phi) is 10.4. The largest absolute Gasteiger partial charge is 0.497 e. The van der Waals surface area contributed by atoms with Crippen LogP contribution >= 0.6 is 24.0 Å². The van der Waals surface area contributed by atoms with Crippen LogP contribution in [0.25, 0.3) is 0 Å². The molecule has 3 aromatic rings. The minimum Gasteiger partial charge on any atom is -0.497 e. The SMILES string of the molecule is CCOc1cc(C)ccc1CNC(=NCc1ccc(OC)cc1)NCc1nnc(C)n1C.I. The molecule has 0 saturated carbocycles. The normalized spacial score (nSPS) is 11.0. The molecule has 0 unspecified atom stereocenters. The third-order valence-electron chi connectivity index (χ3n) is 5.14. The Balaban J connectivity index is 0.00000385. The van der Waals surface area contributed by atoms with Crippen LogP contribution in [0.3, 0.4) is 0 Å². The van der Waals surface area contributed by atoms with Crippen LogP contribution in [-0.2, 0) is 26.7 Å². The number of halogens is 1. The third-order valence-corrected chi connectivity index (χ3v) is 5.14. The van der Waals surface area contributed by atoms with E-state index in [0.29, 0.717) is 32.2 Å². The van der Waals surface area contributed by atoms with Gasteiger partial charge in [-0.25, -0.2) is 4.99 Å². The quantitative estimate of drug-likeness (QED) is 0.233. The lowest BCUT2D eigenvalue weighted by atomic mass is 10.1. The van der Waals surface area contributed by atoms with Crippen molar-refractivity contribution < 1.29 is 9.47 Å². The van der Waals surface area contributed by atoms with Crippen molar-refractivity contribution in [3.8, 4) is 11.5 Å². The van der Waals surface area contributed by atoms with Gasteiger partial charge in [0, 0.05) is 19.2 Å². The first-order valence-electron chi connectivity index (χ1n) is 10.7. The molecule has 0 fully saturated rings. The number of aryl methyl sites for hydroxylation is 2. The van der Waals surface area contributed by atoms with E-state index >= 15 is 0 Å². The third kappa shape index (κ3) is 7.62. The maximum Gasteiger partial charge on any atom is 0.192 e. The molecule has 0 aliphatic carbocycles. The number of hydrogen-bond donors (Lipinski definition) is 2. The van der Waals surface area contributed by atoms with Gasteiger partial charge in [0.2, 0.25) is 0 Å². The fourth-order valence-electron chi connectivity index (χ4n) is 3.12. The second-order valence-corrected chi connectivity index (χ2v) is 7.49. The molecule has 0 radical (unpaired) electrons. The fraction of sp³-hybridized carbons (Fsp3) is 0.375. The summed E-state index contributed by atoms with van der Waals surface area (Å²) in [6.45, 7) is 8.24. The number of aromatic nitrogens is 3. The number of nitrogens with zero attached hydrogens (tertiary/aromatic N) is 4. The van der Waals surface area contributed by atoms with Crippen molar-refractivity contribution in [1.82, 2.24) is 25.4 Å². The summed E-state index contributed by atoms with van der Waals surface area (Å²) in [5.74, 6) is 4.11. The number of benzene rings is 2. The summed E-state index contributed by atoms with van der Waals surface area (Å²) < 4.78 is 13.0. The van der Waals surface area contributed by atoms with Gasteiger partial charge in [-0.15, -0.1) is 34.2 Å². The average molecular weight is 564 g/mol. The van der Waals surface area contributed by atoms with Gasteiger partial charge in [0.05, 0.1) is 26.8 Å². The highest BCUT2D eigenvalue weighted by atomic mass is 127. The molecule has 1 heterocycles. The van der Waals surface area contributed by atoms with E-state index in [0.717, 1.165) is 34.3 Å². The molecule has 0 amide bonds. The topological polar surface area (TPSA) is 85.6 Å². The van der Waals surface area contributed by atoms with E-state index in [-0.39, 0.29) is 24.0 Å². The molecule has 0 spiro atoms. The zero-order valence-electron chi connectivity index (χ0n) is 19.9. The van der Waals surface area contributed by atoms with E-state index in [1.54, 1.807) is 7.11 Å². The summed E-state index contributed by atoms with van der Waals surface area (Å²) in [6.07, 6.45) is 0. The van der Waals surface area contributed by atoms with Gasteiger partial charge in [-0.05, 0) is 50.1 Å². The molecule has 1 aromatic heterocycles. The molecule has 3 rings (SSSR count). The lowest BCUT2D eigenvalue weighted by Gasteiger charge is -2.15. The molecule has 33 heavy (non-hydrogen) atoms. The summed E-state index contributed by atoms with van der Waals surface area (Å²) in [6, 6.07) is 14.1. The zero-order chi connectivity index (χ0) is 22.9. The van der Waals surface area contributed by atoms with E-state index in [4.69, 9.17) is 14.5 Å². The standard InChI is InChI=1S/C24H32N6O2.HI/c1-6-32-22-13-17(2)7-10-20(22)15-26-24(27-16-23-29-28-18(3)30(23)4)25-14-19-8-11-21(31-5)12-9-19;/h7-13H,6,14-16H2,1-5H3,(H2,25,26,27);1H. The van der Waals surface area contributed by atoms with Crippen molar-refractivity contribution in [2.75, 3.05) is 13.7 Å². The highest BCUT2D eigenvalue weighted by Gasteiger charge is 2.09. The molecule has 8 nitrogen and oxygen atoms in total. The van der Waals surface area contributed by atoms with Gasteiger partial charge in [-0.3, -0.25) is 0 Å². The van der Waals surface area contributed by atoms with E-state index in [9.17, 15) is 0 Å². The average Bonchev–Trinajstić information content (AvgIpc) is 3.12. The summed E-state index contributed by atoms with van der Waals surface area (Å²) in [4.78, 5) is 4.76. The van der Waals surface area contributed by atoms with Gasteiger partial charge in [0.15, 0.2) is 11.8 Å². The number of aliphatic imine (C=N–C) groups is 1. The van der Waals surface area contributed by atoms with Crippen LogP contribution in [0.1, 0.15) is 35.3 Å². The smallest absolute Gasteiger partial charge is 0.192 e. The van der Waals surface area contributed by atoms with Gasteiger partial charge < -0.3 is 24.7 Å². The molecule has 9 heteroatoms. The van der Waals surface area contributed by atoms with Crippen molar-refractivity contribution in [2.24, 2.45) is 12.0 Å². The Morgan fingerprint density at radius 2 is 1.76 bits per heavy atom. The summed E-state index contributed by atoms with van der Waals surface area (Å²) in [7, 11) is 3.61. The Morgan fingerprint density at radius 3 is 2.39 bits per heavy atom. The van der Waals surface area contributed by atoms with Gasteiger partial charge >= 0.3 is 0 Å². The molecule has 0 aliphatic rings. The second kappa shape index (κ2) is 13.0. The maximum absolute atomic E-state index is 5.82. The van der Waals surface area contributed by atoms with Crippen LogP contribution < -0.4 is 20.1 Å². The molecule has 0 bridgehead atoms. The highest BCUT2D eigenvalue weighted by molar-refractivity contribution is 14.0. The van der Waals surface area contributed by atoms with Crippen LogP contribution in [0.15, 0.2) is 47.5 Å². The number of rotatable bonds is 9. The zero-order valence-corrected chi connectivity index (χ0v) is 22.2. The molecule has 0 atom stereocenters. The molecule has 178 valence electrons. The number of ether oxygens (including phenoxy) is 2. The Morgan fingerprint density at radius 1 is 1.03 bits per heavy atom. The van der Waals surface area contributed by atoms with Crippen molar-refractivity contribution >= 4 is 29.9 Å². The lowest BCUT2D eigenvalue weighted by molar-refractivity contribution is 0.336. The van der Waals surface area contributed by atoms with Crippen molar-refractivity contribution in [2.45, 2.75) is 40.4 Å². The molecule has 2 aromatic carbocycles.